The number of benzene rings is 1. The number of nitrogens with two attached hydrogens (primary N) is 1. The maximum absolute atomic E-state index is 13.8. The molecular formula is C14H14BrFN2O. The largest absolute Gasteiger partial charge is 0.455 e. The summed E-state index contributed by atoms with van der Waals surface area (Å²) in [5.41, 5.74) is 6.22. The molecule has 0 saturated heterocycles. The smallest absolute Gasteiger partial charge is 0.146 e. The SMILES string of the molecule is CC(N)Cc1c(F)cccc1Oc1cncc(Br)c1. The van der Waals surface area contributed by atoms with E-state index >= 15 is 0 Å². The molecule has 0 bridgehead atoms. The Hall–Kier alpha value is -1.46. The zero-order chi connectivity index (χ0) is 13.8. The van der Waals surface area contributed by atoms with Gasteiger partial charge in [0.1, 0.15) is 17.3 Å². The molecule has 0 spiro atoms. The molecule has 0 amide bonds. The predicted octanol–water partition coefficient (Wildman–Crippen LogP) is 3.67. The number of rotatable bonds is 4. The average molecular weight is 325 g/mol. The van der Waals surface area contributed by atoms with Crippen LogP contribution in [-0.2, 0) is 6.42 Å². The van der Waals surface area contributed by atoms with Gasteiger partial charge in [-0.15, -0.1) is 0 Å². The third-order valence-electron chi connectivity index (χ3n) is 2.51. The number of hydrogen-bond acceptors (Lipinski definition) is 3. The molecule has 5 heteroatoms. The lowest BCUT2D eigenvalue weighted by molar-refractivity contribution is 0.461. The van der Waals surface area contributed by atoms with Gasteiger partial charge in [0.2, 0.25) is 0 Å². The molecule has 2 aromatic rings. The number of nitrogens with zero attached hydrogens (tertiary/aromatic N) is 1. The maximum atomic E-state index is 13.8. The highest BCUT2D eigenvalue weighted by molar-refractivity contribution is 9.10. The molecule has 2 N–H and O–H groups in total. The minimum Gasteiger partial charge on any atom is -0.455 e. The molecule has 19 heavy (non-hydrogen) atoms. The van der Waals surface area contributed by atoms with Crippen LogP contribution in [0.5, 0.6) is 11.5 Å². The van der Waals surface area contributed by atoms with Crippen molar-refractivity contribution in [2.24, 2.45) is 5.73 Å². The molecule has 1 unspecified atom stereocenters. The minimum atomic E-state index is -0.308. The molecule has 0 saturated carbocycles. The monoisotopic (exact) mass is 324 g/mol. The van der Waals surface area contributed by atoms with Gasteiger partial charge in [-0.3, -0.25) is 4.98 Å². The first-order valence-electron chi connectivity index (χ1n) is 5.87. The van der Waals surface area contributed by atoms with E-state index in [4.69, 9.17) is 10.5 Å². The topological polar surface area (TPSA) is 48.1 Å². The highest BCUT2D eigenvalue weighted by Gasteiger charge is 2.12. The van der Waals surface area contributed by atoms with Gasteiger partial charge >= 0.3 is 0 Å². The van der Waals surface area contributed by atoms with Crippen molar-refractivity contribution >= 4 is 15.9 Å². The number of pyridine rings is 1. The van der Waals surface area contributed by atoms with Crippen molar-refractivity contribution in [2.75, 3.05) is 0 Å². The van der Waals surface area contributed by atoms with E-state index in [2.05, 4.69) is 20.9 Å². The normalized spacial score (nSPS) is 12.2. The van der Waals surface area contributed by atoms with Crippen LogP contribution in [0.1, 0.15) is 12.5 Å². The fourth-order valence-electron chi connectivity index (χ4n) is 1.73. The van der Waals surface area contributed by atoms with Crippen molar-refractivity contribution in [3.63, 3.8) is 0 Å². The van der Waals surface area contributed by atoms with Gasteiger partial charge in [0.25, 0.3) is 0 Å². The lowest BCUT2D eigenvalue weighted by Crippen LogP contribution is -2.19. The quantitative estimate of drug-likeness (QED) is 0.933. The standard InChI is InChI=1S/C14H14BrFN2O/c1-9(17)5-12-13(16)3-2-4-14(12)19-11-6-10(15)7-18-8-11/h2-4,6-9H,5,17H2,1H3. The molecular weight excluding hydrogens is 311 g/mol. The molecule has 3 nitrogen and oxygen atoms in total. The summed E-state index contributed by atoms with van der Waals surface area (Å²) in [4.78, 5) is 4.00. The maximum Gasteiger partial charge on any atom is 0.146 e. The summed E-state index contributed by atoms with van der Waals surface area (Å²) in [7, 11) is 0. The molecule has 2 rings (SSSR count). The van der Waals surface area contributed by atoms with Crippen LogP contribution in [-0.4, -0.2) is 11.0 Å². The Morgan fingerprint density at radius 3 is 2.89 bits per heavy atom. The van der Waals surface area contributed by atoms with Crippen molar-refractivity contribution in [1.29, 1.82) is 0 Å². The zero-order valence-corrected chi connectivity index (χ0v) is 12.0. The Morgan fingerprint density at radius 2 is 2.21 bits per heavy atom. The van der Waals surface area contributed by atoms with Crippen LogP contribution in [0.2, 0.25) is 0 Å². The lowest BCUT2D eigenvalue weighted by Gasteiger charge is -2.13. The summed E-state index contributed by atoms with van der Waals surface area (Å²) < 4.78 is 20.3. The van der Waals surface area contributed by atoms with Crippen molar-refractivity contribution in [2.45, 2.75) is 19.4 Å². The summed E-state index contributed by atoms with van der Waals surface area (Å²) in [5.74, 6) is 0.709. The van der Waals surface area contributed by atoms with E-state index in [0.717, 1.165) is 4.47 Å². The summed E-state index contributed by atoms with van der Waals surface area (Å²) >= 11 is 3.31. The third-order valence-corrected chi connectivity index (χ3v) is 2.94. The number of ether oxygens (including phenoxy) is 1. The second-order valence-corrected chi connectivity index (χ2v) is 5.25. The predicted molar refractivity (Wildman–Crippen MR) is 75.8 cm³/mol. The van der Waals surface area contributed by atoms with Crippen LogP contribution >= 0.6 is 15.9 Å². The van der Waals surface area contributed by atoms with Crippen LogP contribution in [0.4, 0.5) is 4.39 Å². The molecule has 0 fully saturated rings. The molecule has 0 aliphatic heterocycles. The Bertz CT molecular complexity index is 575. The van der Waals surface area contributed by atoms with Crippen LogP contribution in [0.25, 0.3) is 0 Å². The number of halogens is 2. The summed E-state index contributed by atoms with van der Waals surface area (Å²) in [6.45, 7) is 1.83. The van der Waals surface area contributed by atoms with Crippen molar-refractivity contribution in [3.8, 4) is 11.5 Å². The fourth-order valence-corrected chi connectivity index (χ4v) is 2.07. The minimum absolute atomic E-state index is 0.139. The van der Waals surface area contributed by atoms with Gasteiger partial charge in [0, 0.05) is 22.3 Å². The Morgan fingerprint density at radius 1 is 1.42 bits per heavy atom. The number of aromatic nitrogens is 1. The van der Waals surface area contributed by atoms with Gasteiger partial charge in [-0.25, -0.2) is 4.39 Å². The van der Waals surface area contributed by atoms with Gasteiger partial charge < -0.3 is 10.5 Å². The van der Waals surface area contributed by atoms with Gasteiger partial charge in [-0.2, -0.15) is 0 Å². The third kappa shape index (κ3) is 3.75. The second kappa shape index (κ2) is 6.12. The van der Waals surface area contributed by atoms with Gasteiger partial charge in [0.15, 0.2) is 0 Å². The van der Waals surface area contributed by atoms with E-state index in [-0.39, 0.29) is 11.9 Å². The summed E-state index contributed by atoms with van der Waals surface area (Å²) in [5, 5.41) is 0. The highest BCUT2D eigenvalue weighted by Crippen LogP contribution is 2.28. The molecule has 1 heterocycles. The van der Waals surface area contributed by atoms with E-state index in [1.165, 1.54) is 6.07 Å². The lowest BCUT2D eigenvalue weighted by atomic mass is 10.1. The van der Waals surface area contributed by atoms with Crippen molar-refractivity contribution in [1.82, 2.24) is 4.98 Å². The van der Waals surface area contributed by atoms with Crippen LogP contribution in [0.3, 0.4) is 0 Å². The van der Waals surface area contributed by atoms with E-state index in [1.807, 2.05) is 6.92 Å². The Balaban J connectivity index is 2.31. The molecule has 100 valence electrons. The van der Waals surface area contributed by atoms with E-state index < -0.39 is 0 Å². The first-order valence-corrected chi connectivity index (χ1v) is 6.67. The first kappa shape index (κ1) is 14.0. The van der Waals surface area contributed by atoms with E-state index in [0.29, 0.717) is 23.5 Å². The Labute approximate surface area is 119 Å². The summed E-state index contributed by atoms with van der Waals surface area (Å²) in [6, 6.07) is 6.37. The molecule has 0 radical (unpaired) electrons. The van der Waals surface area contributed by atoms with Gasteiger partial charge in [0.05, 0.1) is 6.20 Å². The van der Waals surface area contributed by atoms with Crippen LogP contribution in [0, 0.1) is 5.82 Å². The summed E-state index contributed by atoms with van der Waals surface area (Å²) in [6.07, 6.45) is 3.65. The first-order chi connectivity index (χ1) is 9.06. The number of hydrogen-bond donors (Lipinski definition) is 1. The van der Waals surface area contributed by atoms with Crippen LogP contribution in [0.15, 0.2) is 41.1 Å². The van der Waals surface area contributed by atoms with E-state index in [1.54, 1.807) is 30.6 Å². The van der Waals surface area contributed by atoms with Gasteiger partial charge in [-0.1, -0.05) is 6.07 Å². The van der Waals surface area contributed by atoms with Crippen molar-refractivity contribution in [3.05, 3.63) is 52.5 Å². The molecule has 0 aliphatic carbocycles. The molecule has 0 aliphatic rings. The zero-order valence-electron chi connectivity index (χ0n) is 10.4. The van der Waals surface area contributed by atoms with Crippen molar-refractivity contribution < 1.29 is 9.13 Å². The van der Waals surface area contributed by atoms with Crippen LogP contribution < -0.4 is 10.5 Å². The molecule has 1 aromatic carbocycles. The van der Waals surface area contributed by atoms with Gasteiger partial charge in [-0.05, 0) is 47.5 Å². The second-order valence-electron chi connectivity index (χ2n) is 4.34. The average Bonchev–Trinajstić information content (AvgIpc) is 2.33. The Kier molecular flexibility index (Phi) is 4.50. The van der Waals surface area contributed by atoms with E-state index in [9.17, 15) is 4.39 Å². The fraction of sp³-hybridized carbons (Fsp3) is 0.214. The highest BCUT2D eigenvalue weighted by atomic mass is 79.9. The molecule has 1 atom stereocenters. The molecule has 1 aromatic heterocycles.